The van der Waals surface area contributed by atoms with Crippen molar-refractivity contribution in [3.05, 3.63) is 30.6 Å². The fourth-order valence-electron chi connectivity index (χ4n) is 1.44. The fourth-order valence-corrected chi connectivity index (χ4v) is 2.44. The SMILES string of the molecule is Cn1cnnc1-c1nc2ccccc2s1. The molecule has 0 aliphatic rings. The molecule has 15 heavy (non-hydrogen) atoms. The summed E-state index contributed by atoms with van der Waals surface area (Å²) in [5.74, 6) is 0.816. The molecule has 0 aliphatic carbocycles. The normalized spacial score (nSPS) is 11.0. The van der Waals surface area contributed by atoms with E-state index in [9.17, 15) is 0 Å². The van der Waals surface area contributed by atoms with Gasteiger partial charge in [0, 0.05) is 7.05 Å². The molecule has 0 aliphatic heterocycles. The summed E-state index contributed by atoms with van der Waals surface area (Å²) in [6, 6.07) is 8.07. The third-order valence-electron chi connectivity index (χ3n) is 2.20. The van der Waals surface area contributed by atoms with Gasteiger partial charge in [-0.2, -0.15) is 0 Å². The number of rotatable bonds is 1. The molecular formula is C10H8N4S. The van der Waals surface area contributed by atoms with Gasteiger partial charge in [0.2, 0.25) is 0 Å². The number of benzene rings is 1. The van der Waals surface area contributed by atoms with E-state index < -0.39 is 0 Å². The van der Waals surface area contributed by atoms with Gasteiger partial charge in [-0.15, -0.1) is 21.5 Å². The van der Waals surface area contributed by atoms with Crippen molar-refractivity contribution in [1.82, 2.24) is 19.7 Å². The van der Waals surface area contributed by atoms with Crippen molar-refractivity contribution in [2.75, 3.05) is 0 Å². The first-order chi connectivity index (χ1) is 7.34. The summed E-state index contributed by atoms with van der Waals surface area (Å²) in [4.78, 5) is 4.51. The van der Waals surface area contributed by atoms with Gasteiger partial charge in [-0.3, -0.25) is 0 Å². The van der Waals surface area contributed by atoms with E-state index in [1.54, 1.807) is 17.7 Å². The molecule has 3 rings (SSSR count). The summed E-state index contributed by atoms with van der Waals surface area (Å²) >= 11 is 1.63. The van der Waals surface area contributed by atoms with Crippen molar-refractivity contribution in [1.29, 1.82) is 0 Å². The predicted octanol–water partition coefficient (Wildman–Crippen LogP) is 2.09. The van der Waals surface area contributed by atoms with E-state index in [4.69, 9.17) is 0 Å². The molecule has 74 valence electrons. The first kappa shape index (κ1) is 8.55. The molecule has 2 aromatic heterocycles. The van der Waals surface area contributed by atoms with Gasteiger partial charge in [0.05, 0.1) is 10.2 Å². The number of fused-ring (bicyclic) bond motifs is 1. The number of aryl methyl sites for hydroxylation is 1. The molecule has 0 bridgehead atoms. The summed E-state index contributed by atoms with van der Waals surface area (Å²) in [7, 11) is 1.92. The number of hydrogen-bond acceptors (Lipinski definition) is 4. The van der Waals surface area contributed by atoms with Gasteiger partial charge < -0.3 is 4.57 Å². The molecule has 0 radical (unpaired) electrons. The third-order valence-corrected chi connectivity index (χ3v) is 3.23. The summed E-state index contributed by atoms with van der Waals surface area (Å²) in [5.41, 5.74) is 1.01. The van der Waals surface area contributed by atoms with E-state index in [2.05, 4.69) is 21.2 Å². The molecule has 1 aromatic carbocycles. The molecule has 4 nitrogen and oxygen atoms in total. The number of thiazole rings is 1. The Kier molecular flexibility index (Phi) is 1.78. The minimum Gasteiger partial charge on any atom is -0.315 e. The monoisotopic (exact) mass is 216 g/mol. The van der Waals surface area contributed by atoms with Crippen LogP contribution in [0.15, 0.2) is 30.6 Å². The van der Waals surface area contributed by atoms with Crippen LogP contribution in [0.1, 0.15) is 0 Å². The zero-order valence-electron chi connectivity index (χ0n) is 8.08. The molecule has 0 amide bonds. The molecular weight excluding hydrogens is 208 g/mol. The second-order valence-corrected chi connectivity index (χ2v) is 4.28. The molecule has 0 saturated heterocycles. The lowest BCUT2D eigenvalue weighted by Crippen LogP contribution is -1.89. The minimum atomic E-state index is 0.816. The first-order valence-electron chi connectivity index (χ1n) is 4.54. The largest absolute Gasteiger partial charge is 0.315 e. The lowest BCUT2D eigenvalue weighted by Gasteiger charge is -1.92. The standard InChI is InChI=1S/C10H8N4S/c1-14-6-11-13-9(14)10-12-7-4-2-3-5-8(7)15-10/h2-6H,1H3. The number of aromatic nitrogens is 4. The van der Waals surface area contributed by atoms with Gasteiger partial charge in [-0.1, -0.05) is 12.1 Å². The molecule has 2 heterocycles. The summed E-state index contributed by atoms with van der Waals surface area (Å²) in [6.45, 7) is 0. The summed E-state index contributed by atoms with van der Waals surface area (Å²) in [5, 5.41) is 8.80. The number of nitrogens with zero attached hydrogens (tertiary/aromatic N) is 4. The van der Waals surface area contributed by atoms with Crippen LogP contribution < -0.4 is 0 Å². The average molecular weight is 216 g/mol. The Morgan fingerprint density at radius 1 is 1.27 bits per heavy atom. The van der Waals surface area contributed by atoms with Crippen LogP contribution >= 0.6 is 11.3 Å². The van der Waals surface area contributed by atoms with Crippen LogP contribution in [0.4, 0.5) is 0 Å². The van der Waals surface area contributed by atoms with Crippen molar-refractivity contribution in [3.63, 3.8) is 0 Å². The molecule has 0 N–H and O–H groups in total. The van der Waals surface area contributed by atoms with Crippen LogP contribution in [0.25, 0.3) is 21.0 Å². The van der Waals surface area contributed by atoms with Gasteiger partial charge in [0.25, 0.3) is 0 Å². The maximum atomic E-state index is 4.51. The van der Waals surface area contributed by atoms with Crippen molar-refractivity contribution in [2.45, 2.75) is 0 Å². The maximum absolute atomic E-state index is 4.51. The quantitative estimate of drug-likeness (QED) is 0.625. The smallest absolute Gasteiger partial charge is 0.192 e. The fraction of sp³-hybridized carbons (Fsp3) is 0.100. The van der Waals surface area contributed by atoms with Crippen LogP contribution in [0.3, 0.4) is 0 Å². The highest BCUT2D eigenvalue weighted by atomic mass is 32.1. The van der Waals surface area contributed by atoms with Gasteiger partial charge in [-0.05, 0) is 12.1 Å². The molecule has 0 fully saturated rings. The average Bonchev–Trinajstić information content (AvgIpc) is 2.82. The van der Waals surface area contributed by atoms with Crippen molar-refractivity contribution in [2.24, 2.45) is 7.05 Å². The van der Waals surface area contributed by atoms with Crippen LogP contribution in [-0.4, -0.2) is 19.7 Å². The van der Waals surface area contributed by atoms with E-state index in [-0.39, 0.29) is 0 Å². The van der Waals surface area contributed by atoms with Crippen molar-refractivity contribution < 1.29 is 0 Å². The lowest BCUT2D eigenvalue weighted by atomic mass is 10.3. The van der Waals surface area contributed by atoms with E-state index in [0.29, 0.717) is 0 Å². The van der Waals surface area contributed by atoms with Crippen LogP contribution in [0, 0.1) is 0 Å². The summed E-state index contributed by atoms with van der Waals surface area (Å²) in [6.07, 6.45) is 1.68. The molecule has 5 heteroatoms. The molecule has 0 unspecified atom stereocenters. The second-order valence-electron chi connectivity index (χ2n) is 3.25. The van der Waals surface area contributed by atoms with E-state index in [1.807, 2.05) is 29.8 Å². The van der Waals surface area contributed by atoms with Crippen molar-refractivity contribution in [3.8, 4) is 10.8 Å². The van der Waals surface area contributed by atoms with Crippen LogP contribution in [0.2, 0.25) is 0 Å². The van der Waals surface area contributed by atoms with Gasteiger partial charge in [-0.25, -0.2) is 4.98 Å². The molecule has 3 aromatic rings. The Hall–Kier alpha value is -1.75. The van der Waals surface area contributed by atoms with Gasteiger partial charge in [0.15, 0.2) is 10.8 Å². The third kappa shape index (κ3) is 1.32. The Bertz CT molecular complexity index is 577. The molecule has 0 atom stereocenters. The Labute approximate surface area is 90.2 Å². The van der Waals surface area contributed by atoms with E-state index >= 15 is 0 Å². The predicted molar refractivity (Wildman–Crippen MR) is 59.6 cm³/mol. The lowest BCUT2D eigenvalue weighted by molar-refractivity contribution is 0.918. The topological polar surface area (TPSA) is 43.6 Å². The van der Waals surface area contributed by atoms with Crippen molar-refractivity contribution >= 4 is 21.6 Å². The highest BCUT2D eigenvalue weighted by molar-refractivity contribution is 7.21. The van der Waals surface area contributed by atoms with Crippen LogP contribution in [0.5, 0.6) is 0 Å². The maximum Gasteiger partial charge on any atom is 0.192 e. The summed E-state index contributed by atoms with van der Waals surface area (Å²) < 4.78 is 3.05. The van der Waals surface area contributed by atoms with Gasteiger partial charge in [0.1, 0.15) is 6.33 Å². The highest BCUT2D eigenvalue weighted by Crippen LogP contribution is 2.27. The zero-order valence-corrected chi connectivity index (χ0v) is 8.90. The second kappa shape index (κ2) is 3.13. The van der Waals surface area contributed by atoms with Crippen LogP contribution in [-0.2, 0) is 7.05 Å². The minimum absolute atomic E-state index is 0.816. The van der Waals surface area contributed by atoms with Gasteiger partial charge >= 0.3 is 0 Å². The number of hydrogen-bond donors (Lipinski definition) is 0. The first-order valence-corrected chi connectivity index (χ1v) is 5.36. The molecule has 0 spiro atoms. The van der Waals surface area contributed by atoms with E-state index in [1.165, 1.54) is 4.70 Å². The zero-order chi connectivity index (χ0) is 10.3. The molecule has 0 saturated carbocycles. The Morgan fingerprint density at radius 3 is 2.87 bits per heavy atom. The Morgan fingerprint density at radius 2 is 2.13 bits per heavy atom. The number of para-hydroxylation sites is 1. The highest BCUT2D eigenvalue weighted by Gasteiger charge is 2.09. The van der Waals surface area contributed by atoms with E-state index in [0.717, 1.165) is 16.3 Å². The Balaban J connectivity index is 2.24.